The zero-order chi connectivity index (χ0) is 14.2. The van der Waals surface area contributed by atoms with Crippen molar-refractivity contribution in [1.29, 1.82) is 0 Å². The molecular weight excluding hydrogens is 265 g/mol. The molecule has 0 radical (unpaired) electrons. The van der Waals surface area contributed by atoms with E-state index >= 15 is 0 Å². The topological polar surface area (TPSA) is 60.9 Å². The number of nitrogens with two attached hydrogens (primary N) is 1. The lowest BCUT2D eigenvalue weighted by Gasteiger charge is -2.15. The van der Waals surface area contributed by atoms with Gasteiger partial charge in [-0.05, 0) is 31.9 Å². The van der Waals surface area contributed by atoms with Gasteiger partial charge in [-0.2, -0.15) is 0 Å². The highest BCUT2D eigenvalue weighted by atomic mass is 32.2. The number of aromatic nitrogens is 2. The second-order valence-corrected chi connectivity index (χ2v) is 6.40. The molecule has 2 atom stereocenters. The van der Waals surface area contributed by atoms with E-state index in [0.717, 1.165) is 11.9 Å². The Balaban J connectivity index is 2.44. The van der Waals surface area contributed by atoms with Crippen molar-refractivity contribution in [3.8, 4) is 0 Å². The molecule has 0 fully saturated rings. The number of rotatable bonds is 4. The standard InChI is InChI=1S/C13H18FN3OS/c1-8-6-12-11(7-10(8)14)16-13(15)17(12)9(2)4-5-19(3)18/h6-7,9H,4-5H2,1-3H3,(H2,15,16). The third-order valence-electron chi connectivity index (χ3n) is 3.26. The monoisotopic (exact) mass is 283 g/mol. The Kier molecular flexibility index (Phi) is 3.89. The molecule has 0 saturated heterocycles. The van der Waals surface area contributed by atoms with Gasteiger partial charge in [-0.15, -0.1) is 0 Å². The van der Waals surface area contributed by atoms with Gasteiger partial charge in [0.15, 0.2) is 0 Å². The normalized spacial score (nSPS) is 14.7. The van der Waals surface area contributed by atoms with E-state index in [1.54, 1.807) is 19.2 Å². The fourth-order valence-electron chi connectivity index (χ4n) is 2.17. The van der Waals surface area contributed by atoms with Crippen molar-refractivity contribution in [2.24, 2.45) is 0 Å². The lowest BCUT2D eigenvalue weighted by molar-refractivity contribution is 0.551. The number of nitrogens with zero attached hydrogens (tertiary/aromatic N) is 2. The maximum atomic E-state index is 13.5. The molecule has 1 heterocycles. The third kappa shape index (κ3) is 2.78. The summed E-state index contributed by atoms with van der Waals surface area (Å²) in [7, 11) is -0.831. The number of anilines is 1. The van der Waals surface area contributed by atoms with Gasteiger partial charge in [-0.25, -0.2) is 9.37 Å². The summed E-state index contributed by atoms with van der Waals surface area (Å²) in [5.41, 5.74) is 7.87. The molecule has 104 valence electrons. The smallest absolute Gasteiger partial charge is 0.201 e. The van der Waals surface area contributed by atoms with Crippen LogP contribution in [0.25, 0.3) is 11.0 Å². The lowest BCUT2D eigenvalue weighted by atomic mass is 10.2. The van der Waals surface area contributed by atoms with E-state index in [1.807, 2.05) is 11.5 Å². The number of benzene rings is 1. The van der Waals surface area contributed by atoms with E-state index in [-0.39, 0.29) is 11.9 Å². The van der Waals surface area contributed by atoms with Crippen LogP contribution < -0.4 is 5.73 Å². The minimum Gasteiger partial charge on any atom is -0.369 e. The summed E-state index contributed by atoms with van der Waals surface area (Å²) in [6, 6.07) is 3.24. The molecule has 2 rings (SSSR count). The summed E-state index contributed by atoms with van der Waals surface area (Å²) >= 11 is 0. The summed E-state index contributed by atoms with van der Waals surface area (Å²) < 4.78 is 26.6. The molecule has 0 bridgehead atoms. The molecular formula is C13H18FN3OS. The van der Waals surface area contributed by atoms with Crippen molar-refractivity contribution >= 4 is 27.8 Å². The van der Waals surface area contributed by atoms with Crippen LogP contribution in [-0.2, 0) is 10.8 Å². The Morgan fingerprint density at radius 1 is 1.53 bits per heavy atom. The molecule has 0 saturated carbocycles. The first-order valence-electron chi connectivity index (χ1n) is 6.13. The van der Waals surface area contributed by atoms with Gasteiger partial charge in [0.25, 0.3) is 0 Å². The number of nitrogen functional groups attached to an aromatic ring is 1. The van der Waals surface area contributed by atoms with Gasteiger partial charge in [-0.1, -0.05) is 0 Å². The Hall–Kier alpha value is -1.43. The molecule has 0 spiro atoms. The molecule has 1 aromatic carbocycles. The molecule has 2 aromatic rings. The molecule has 0 aliphatic carbocycles. The van der Waals surface area contributed by atoms with Gasteiger partial charge in [0.1, 0.15) is 5.82 Å². The van der Waals surface area contributed by atoms with Crippen LogP contribution in [0, 0.1) is 12.7 Å². The fraction of sp³-hybridized carbons (Fsp3) is 0.462. The van der Waals surface area contributed by atoms with E-state index in [4.69, 9.17) is 5.73 Å². The molecule has 0 amide bonds. The fourth-order valence-corrected chi connectivity index (χ4v) is 2.84. The number of imidazole rings is 1. The van der Waals surface area contributed by atoms with Crippen LogP contribution in [0.4, 0.5) is 10.3 Å². The largest absolute Gasteiger partial charge is 0.369 e. The summed E-state index contributed by atoms with van der Waals surface area (Å²) in [6.07, 6.45) is 2.43. The van der Waals surface area contributed by atoms with E-state index in [0.29, 0.717) is 22.8 Å². The highest BCUT2D eigenvalue weighted by Crippen LogP contribution is 2.26. The van der Waals surface area contributed by atoms with Crippen LogP contribution >= 0.6 is 0 Å². The molecule has 0 aliphatic rings. The molecule has 2 unspecified atom stereocenters. The highest BCUT2D eigenvalue weighted by Gasteiger charge is 2.15. The van der Waals surface area contributed by atoms with Crippen LogP contribution in [0.5, 0.6) is 0 Å². The number of hydrogen-bond donors (Lipinski definition) is 1. The van der Waals surface area contributed by atoms with Crippen LogP contribution in [0.15, 0.2) is 12.1 Å². The summed E-state index contributed by atoms with van der Waals surface area (Å²) in [5, 5.41) is 0. The summed E-state index contributed by atoms with van der Waals surface area (Å²) in [5.74, 6) is 0.703. The summed E-state index contributed by atoms with van der Waals surface area (Å²) in [6.45, 7) is 3.72. The molecule has 2 N–H and O–H groups in total. The molecule has 1 aromatic heterocycles. The molecule has 6 heteroatoms. The highest BCUT2D eigenvalue weighted by molar-refractivity contribution is 7.84. The Labute approximate surface area is 114 Å². The van der Waals surface area contributed by atoms with Gasteiger partial charge in [-0.3, -0.25) is 4.21 Å². The predicted octanol–water partition coefficient (Wildman–Crippen LogP) is 2.40. The maximum Gasteiger partial charge on any atom is 0.201 e. The van der Waals surface area contributed by atoms with Crippen molar-refractivity contribution in [3.05, 3.63) is 23.5 Å². The number of aryl methyl sites for hydroxylation is 1. The predicted molar refractivity (Wildman–Crippen MR) is 77.1 cm³/mol. The van der Waals surface area contributed by atoms with Crippen LogP contribution in [0.2, 0.25) is 0 Å². The van der Waals surface area contributed by atoms with Crippen LogP contribution in [-0.4, -0.2) is 25.8 Å². The Morgan fingerprint density at radius 3 is 2.84 bits per heavy atom. The molecule has 4 nitrogen and oxygen atoms in total. The first kappa shape index (κ1) is 14.0. The van der Waals surface area contributed by atoms with E-state index < -0.39 is 10.8 Å². The summed E-state index contributed by atoms with van der Waals surface area (Å²) in [4.78, 5) is 4.19. The lowest BCUT2D eigenvalue weighted by Crippen LogP contribution is -2.11. The Bertz CT molecular complexity index is 638. The Morgan fingerprint density at radius 2 is 2.21 bits per heavy atom. The first-order valence-corrected chi connectivity index (χ1v) is 7.86. The van der Waals surface area contributed by atoms with E-state index in [2.05, 4.69) is 4.98 Å². The molecule has 19 heavy (non-hydrogen) atoms. The average molecular weight is 283 g/mol. The first-order chi connectivity index (χ1) is 8.90. The van der Waals surface area contributed by atoms with Crippen molar-refractivity contribution in [2.75, 3.05) is 17.7 Å². The number of halogens is 1. The van der Waals surface area contributed by atoms with Gasteiger partial charge >= 0.3 is 0 Å². The number of hydrogen-bond acceptors (Lipinski definition) is 3. The molecule has 0 aliphatic heterocycles. The van der Waals surface area contributed by atoms with Crippen molar-refractivity contribution in [2.45, 2.75) is 26.3 Å². The zero-order valence-electron chi connectivity index (χ0n) is 11.3. The zero-order valence-corrected chi connectivity index (χ0v) is 12.1. The maximum absolute atomic E-state index is 13.5. The average Bonchev–Trinajstić information content (AvgIpc) is 2.62. The third-order valence-corrected chi connectivity index (χ3v) is 4.07. The van der Waals surface area contributed by atoms with Crippen LogP contribution in [0.1, 0.15) is 24.9 Å². The minimum absolute atomic E-state index is 0.0822. The minimum atomic E-state index is -0.831. The van der Waals surface area contributed by atoms with Gasteiger partial charge in [0, 0.05) is 34.9 Å². The van der Waals surface area contributed by atoms with Gasteiger partial charge in [0.2, 0.25) is 5.95 Å². The second kappa shape index (κ2) is 5.28. The van der Waals surface area contributed by atoms with Gasteiger partial charge < -0.3 is 10.3 Å². The second-order valence-electron chi connectivity index (χ2n) is 4.85. The van der Waals surface area contributed by atoms with Crippen molar-refractivity contribution in [3.63, 3.8) is 0 Å². The van der Waals surface area contributed by atoms with Crippen molar-refractivity contribution < 1.29 is 8.60 Å². The number of fused-ring (bicyclic) bond motifs is 1. The van der Waals surface area contributed by atoms with E-state index in [1.165, 1.54) is 6.07 Å². The quantitative estimate of drug-likeness (QED) is 0.937. The van der Waals surface area contributed by atoms with Gasteiger partial charge in [0.05, 0.1) is 11.0 Å². The van der Waals surface area contributed by atoms with Crippen molar-refractivity contribution in [1.82, 2.24) is 9.55 Å². The SMILES string of the molecule is Cc1cc2c(cc1F)nc(N)n2C(C)CCS(C)=O. The van der Waals surface area contributed by atoms with Crippen LogP contribution in [0.3, 0.4) is 0 Å². The van der Waals surface area contributed by atoms with E-state index in [9.17, 15) is 8.60 Å².